The highest BCUT2D eigenvalue weighted by molar-refractivity contribution is 5.93. The number of piperidine rings is 1. The van der Waals surface area contributed by atoms with Crippen LogP contribution in [0.2, 0.25) is 0 Å². The second-order valence-electron chi connectivity index (χ2n) is 9.88. The number of likely N-dealkylation sites (tertiary alicyclic amines) is 1. The Labute approximate surface area is 203 Å². The van der Waals surface area contributed by atoms with Gasteiger partial charge in [-0.3, -0.25) is 14.3 Å². The van der Waals surface area contributed by atoms with Gasteiger partial charge in [-0.15, -0.1) is 0 Å². The molecule has 0 unspecified atom stereocenters. The fourth-order valence-corrected chi connectivity index (χ4v) is 5.40. The lowest BCUT2D eigenvalue weighted by atomic mass is 9.73. The van der Waals surface area contributed by atoms with Crippen molar-refractivity contribution in [3.8, 4) is 5.75 Å². The Bertz CT molecular complexity index is 991. The molecule has 2 amide bonds. The van der Waals surface area contributed by atoms with Gasteiger partial charge in [0.2, 0.25) is 5.91 Å². The van der Waals surface area contributed by atoms with E-state index in [1.165, 1.54) is 5.56 Å². The maximum Gasteiger partial charge on any atom is 0.272 e. The van der Waals surface area contributed by atoms with Crippen LogP contribution < -0.4 is 4.74 Å². The van der Waals surface area contributed by atoms with E-state index in [1.54, 1.807) is 16.9 Å². The molecule has 7 nitrogen and oxygen atoms in total. The lowest BCUT2D eigenvalue weighted by Gasteiger charge is -2.43. The van der Waals surface area contributed by atoms with Gasteiger partial charge in [-0.25, -0.2) is 0 Å². The molecule has 184 valence electrons. The van der Waals surface area contributed by atoms with Crippen LogP contribution in [-0.4, -0.2) is 64.2 Å². The molecular weight excluding hydrogens is 428 g/mol. The van der Waals surface area contributed by atoms with Gasteiger partial charge in [0, 0.05) is 31.9 Å². The van der Waals surface area contributed by atoms with Gasteiger partial charge in [0.25, 0.3) is 5.91 Å². The quantitative estimate of drug-likeness (QED) is 0.675. The van der Waals surface area contributed by atoms with E-state index < -0.39 is 5.41 Å². The van der Waals surface area contributed by atoms with E-state index in [9.17, 15) is 9.59 Å². The van der Waals surface area contributed by atoms with E-state index in [1.807, 2.05) is 42.7 Å². The molecule has 2 aliphatic rings. The highest BCUT2D eigenvalue weighted by Gasteiger charge is 2.44. The van der Waals surface area contributed by atoms with Crippen molar-refractivity contribution in [2.75, 3.05) is 32.8 Å². The summed E-state index contributed by atoms with van der Waals surface area (Å²) in [5.74, 6) is 1.18. The minimum absolute atomic E-state index is 0.0130. The van der Waals surface area contributed by atoms with Gasteiger partial charge in [0.15, 0.2) is 0 Å². The number of hydrogen-bond donors (Lipinski definition) is 0. The topological polar surface area (TPSA) is 67.7 Å². The van der Waals surface area contributed by atoms with Crippen LogP contribution in [0.15, 0.2) is 36.5 Å². The van der Waals surface area contributed by atoms with Crippen molar-refractivity contribution >= 4 is 11.8 Å². The van der Waals surface area contributed by atoms with Crippen LogP contribution in [0.3, 0.4) is 0 Å². The Kier molecular flexibility index (Phi) is 7.59. The molecule has 0 N–H and O–H groups in total. The number of carbonyl (C=O) groups is 2. The van der Waals surface area contributed by atoms with Crippen molar-refractivity contribution in [2.45, 2.75) is 65.3 Å². The Morgan fingerprint density at radius 1 is 1.09 bits per heavy atom. The average Bonchev–Trinajstić information content (AvgIpc) is 3.35. The third-order valence-electron chi connectivity index (χ3n) is 7.45. The number of nitrogens with zero attached hydrogens (tertiary/aromatic N) is 4. The van der Waals surface area contributed by atoms with Crippen LogP contribution in [0.25, 0.3) is 0 Å². The summed E-state index contributed by atoms with van der Waals surface area (Å²) >= 11 is 0. The van der Waals surface area contributed by atoms with E-state index in [2.05, 4.69) is 17.2 Å². The smallest absolute Gasteiger partial charge is 0.272 e. The van der Waals surface area contributed by atoms with E-state index in [0.29, 0.717) is 51.3 Å². The molecule has 0 bridgehead atoms. The largest absolute Gasteiger partial charge is 0.491 e. The summed E-state index contributed by atoms with van der Waals surface area (Å²) in [6.45, 7) is 9.05. The Hall–Kier alpha value is -2.83. The second kappa shape index (κ2) is 10.6. The first-order valence-corrected chi connectivity index (χ1v) is 12.8. The second-order valence-corrected chi connectivity index (χ2v) is 9.88. The number of hydrogen-bond acceptors (Lipinski definition) is 4. The monoisotopic (exact) mass is 466 g/mol. The number of aromatic nitrogens is 2. The molecule has 2 aliphatic heterocycles. The van der Waals surface area contributed by atoms with Gasteiger partial charge in [-0.2, -0.15) is 5.10 Å². The van der Waals surface area contributed by atoms with E-state index in [-0.39, 0.29) is 17.9 Å². The molecule has 2 aromatic rings. The lowest BCUT2D eigenvalue weighted by molar-refractivity contribution is -0.145. The van der Waals surface area contributed by atoms with E-state index in [0.717, 1.165) is 31.4 Å². The van der Waals surface area contributed by atoms with Gasteiger partial charge in [-0.05, 0) is 70.6 Å². The van der Waals surface area contributed by atoms with Gasteiger partial charge in [0.05, 0.1) is 12.0 Å². The van der Waals surface area contributed by atoms with Crippen molar-refractivity contribution in [3.63, 3.8) is 0 Å². The summed E-state index contributed by atoms with van der Waals surface area (Å²) in [5, 5.41) is 4.32. The number of amides is 2. The molecule has 3 heterocycles. The molecule has 0 atom stereocenters. The third-order valence-corrected chi connectivity index (χ3v) is 7.45. The van der Waals surface area contributed by atoms with Crippen molar-refractivity contribution in [2.24, 2.45) is 5.41 Å². The zero-order valence-electron chi connectivity index (χ0n) is 20.8. The standard InChI is InChI=1S/C27H38N4O3/c1-4-29-19-20-34-24-11-6-5-9-22(24)10-7-8-13-27(26(29)33)14-17-30(18-15-27)25(32)23-12-16-28-31(23)21(2)3/h5-6,9,11-12,16,21H,4,7-8,10,13-15,17-20H2,1-3H3. The van der Waals surface area contributed by atoms with Crippen molar-refractivity contribution in [1.29, 1.82) is 0 Å². The minimum Gasteiger partial charge on any atom is -0.491 e. The number of benzene rings is 1. The maximum absolute atomic E-state index is 13.8. The number of fused-ring (bicyclic) bond motifs is 1. The molecule has 1 aromatic heterocycles. The van der Waals surface area contributed by atoms with Gasteiger partial charge in [0.1, 0.15) is 18.1 Å². The summed E-state index contributed by atoms with van der Waals surface area (Å²) in [6.07, 6.45) is 6.96. The maximum atomic E-state index is 13.8. The molecule has 1 spiro atoms. The van der Waals surface area contributed by atoms with Crippen molar-refractivity contribution in [1.82, 2.24) is 19.6 Å². The SMILES string of the molecule is CCN1CCOc2ccccc2CCCCC2(CCN(C(=O)c3ccnn3C(C)C)CC2)C1=O. The Morgan fingerprint density at radius 3 is 2.59 bits per heavy atom. The molecule has 1 aromatic carbocycles. The molecule has 34 heavy (non-hydrogen) atoms. The predicted octanol–water partition coefficient (Wildman–Crippen LogP) is 4.34. The predicted molar refractivity (Wildman–Crippen MR) is 132 cm³/mol. The highest BCUT2D eigenvalue weighted by Crippen LogP contribution is 2.39. The summed E-state index contributed by atoms with van der Waals surface area (Å²) < 4.78 is 7.86. The Balaban J connectivity index is 1.49. The first kappa shape index (κ1) is 24.3. The summed E-state index contributed by atoms with van der Waals surface area (Å²) in [4.78, 5) is 30.9. The molecule has 0 aliphatic carbocycles. The summed E-state index contributed by atoms with van der Waals surface area (Å²) in [6, 6.07) is 10.2. The zero-order chi connectivity index (χ0) is 24.1. The number of rotatable bonds is 3. The first-order chi connectivity index (χ1) is 16.4. The van der Waals surface area contributed by atoms with Gasteiger partial charge < -0.3 is 14.5 Å². The van der Waals surface area contributed by atoms with E-state index in [4.69, 9.17) is 4.74 Å². The molecule has 7 heteroatoms. The first-order valence-electron chi connectivity index (χ1n) is 12.8. The molecule has 0 radical (unpaired) electrons. The summed E-state index contributed by atoms with van der Waals surface area (Å²) in [5.41, 5.74) is 1.47. The molecule has 4 rings (SSSR count). The fraction of sp³-hybridized carbons (Fsp3) is 0.593. The fourth-order valence-electron chi connectivity index (χ4n) is 5.40. The van der Waals surface area contributed by atoms with E-state index >= 15 is 0 Å². The number of aryl methyl sites for hydroxylation is 1. The number of para-hydroxylation sites is 1. The van der Waals surface area contributed by atoms with Crippen LogP contribution in [0.4, 0.5) is 0 Å². The molecular formula is C27H38N4O3. The molecule has 1 saturated heterocycles. The minimum atomic E-state index is -0.399. The zero-order valence-corrected chi connectivity index (χ0v) is 20.8. The van der Waals surface area contributed by atoms with Crippen LogP contribution in [-0.2, 0) is 11.2 Å². The number of carbonyl (C=O) groups excluding carboxylic acids is 2. The van der Waals surface area contributed by atoms with Gasteiger partial charge >= 0.3 is 0 Å². The highest BCUT2D eigenvalue weighted by atomic mass is 16.5. The molecule has 1 fully saturated rings. The van der Waals surface area contributed by atoms with Crippen molar-refractivity contribution in [3.05, 3.63) is 47.8 Å². The average molecular weight is 467 g/mol. The number of ether oxygens (including phenoxy) is 1. The van der Waals surface area contributed by atoms with Gasteiger partial charge in [-0.1, -0.05) is 24.6 Å². The summed E-state index contributed by atoms with van der Waals surface area (Å²) in [7, 11) is 0. The number of likely N-dealkylation sites (N-methyl/N-ethyl adjacent to an activating group) is 1. The van der Waals surface area contributed by atoms with Crippen LogP contribution >= 0.6 is 0 Å². The lowest BCUT2D eigenvalue weighted by Crippen LogP contribution is -2.52. The normalized spacial score (nSPS) is 19.4. The van der Waals surface area contributed by atoms with Crippen molar-refractivity contribution < 1.29 is 14.3 Å². The third kappa shape index (κ3) is 4.98. The van der Waals surface area contributed by atoms with Crippen LogP contribution in [0.5, 0.6) is 5.75 Å². The Morgan fingerprint density at radius 2 is 1.85 bits per heavy atom. The molecule has 0 saturated carbocycles. The van der Waals surface area contributed by atoms with Crippen LogP contribution in [0, 0.1) is 5.41 Å². The van der Waals surface area contributed by atoms with Crippen LogP contribution in [0.1, 0.15) is 75.0 Å².